The van der Waals surface area contributed by atoms with Crippen molar-refractivity contribution in [2.75, 3.05) is 5.73 Å². The van der Waals surface area contributed by atoms with Gasteiger partial charge >= 0.3 is 11.6 Å². The zero-order valence-corrected chi connectivity index (χ0v) is 17.7. The van der Waals surface area contributed by atoms with Gasteiger partial charge in [0.1, 0.15) is 35.1 Å². The molecule has 34 heavy (non-hydrogen) atoms. The molecule has 0 aliphatic heterocycles. The van der Waals surface area contributed by atoms with E-state index in [1.807, 2.05) is 0 Å². The third-order valence-electron chi connectivity index (χ3n) is 5.29. The van der Waals surface area contributed by atoms with Crippen molar-refractivity contribution in [3.05, 3.63) is 92.9 Å². The van der Waals surface area contributed by atoms with Gasteiger partial charge in [-0.15, -0.1) is 9.38 Å². The van der Waals surface area contributed by atoms with Gasteiger partial charge in [-0.2, -0.15) is 9.78 Å². The zero-order chi connectivity index (χ0) is 24.0. The molecule has 170 valence electrons. The Morgan fingerprint density at radius 1 is 1.09 bits per heavy atom. The van der Waals surface area contributed by atoms with E-state index in [-0.39, 0.29) is 29.4 Å². The molecule has 10 nitrogen and oxygen atoms in total. The number of hydrogen-bond donors (Lipinski definition) is 2. The van der Waals surface area contributed by atoms with Gasteiger partial charge in [0.15, 0.2) is 0 Å². The van der Waals surface area contributed by atoms with E-state index in [1.54, 1.807) is 0 Å². The molecule has 5 aromatic rings. The lowest BCUT2D eigenvalue weighted by molar-refractivity contribution is -0.516. The van der Waals surface area contributed by atoms with Crippen molar-refractivity contribution in [2.24, 2.45) is 7.05 Å². The second kappa shape index (κ2) is 7.99. The van der Waals surface area contributed by atoms with Crippen molar-refractivity contribution in [1.29, 1.82) is 0 Å². The summed E-state index contributed by atoms with van der Waals surface area (Å²) in [6.45, 7) is -0.196. The molecule has 0 bridgehead atoms. The number of H-pyrrole nitrogens is 1. The Kier molecular flexibility index (Phi) is 4.97. The smallest absolute Gasteiger partial charge is 0.319 e. The van der Waals surface area contributed by atoms with Crippen molar-refractivity contribution in [2.45, 2.75) is 6.54 Å². The first kappa shape index (κ1) is 21.1. The third kappa shape index (κ3) is 3.50. The van der Waals surface area contributed by atoms with E-state index in [1.165, 1.54) is 61.8 Å². The Hall–Kier alpha value is -4.74. The number of nitrogen functional groups attached to an aromatic ring is 1. The fourth-order valence-corrected chi connectivity index (χ4v) is 3.64. The number of aryl methyl sites for hydroxylation is 1. The molecule has 0 unspecified atom stereocenters. The third-order valence-corrected chi connectivity index (χ3v) is 5.29. The summed E-state index contributed by atoms with van der Waals surface area (Å²) in [5.74, 6) is -1.16. The van der Waals surface area contributed by atoms with Crippen LogP contribution in [0, 0.1) is 11.6 Å². The number of pyridine rings is 1. The van der Waals surface area contributed by atoms with Crippen LogP contribution in [0.25, 0.3) is 28.2 Å². The average molecular weight is 463 g/mol. The molecule has 1 aromatic carbocycles. The highest BCUT2D eigenvalue weighted by Crippen LogP contribution is 2.31. The Labute approximate surface area is 189 Å². The van der Waals surface area contributed by atoms with Crippen molar-refractivity contribution in [1.82, 2.24) is 29.5 Å². The standard InChI is InChI=1S/C22H16F2N8O2/c1-30-17(33)9-8-15(28-30)18-19(12-4-6-13(23)7-5-12)27-21(25)32-20(18)29-31(22(32)34)11-16-14(24)3-2-10-26-16/h2-10H,11H2,1H3,(H2,25,27,28,29)/p+1. The van der Waals surface area contributed by atoms with E-state index in [2.05, 4.69) is 20.2 Å². The van der Waals surface area contributed by atoms with E-state index < -0.39 is 17.3 Å². The van der Waals surface area contributed by atoms with Crippen LogP contribution in [0.15, 0.2) is 64.3 Å². The topological polar surface area (TPSA) is 129 Å². The van der Waals surface area contributed by atoms with Gasteiger partial charge < -0.3 is 5.73 Å². The van der Waals surface area contributed by atoms with Gasteiger partial charge in [-0.3, -0.25) is 9.78 Å². The van der Waals surface area contributed by atoms with Crippen molar-refractivity contribution in [3.8, 4) is 22.5 Å². The van der Waals surface area contributed by atoms with Gasteiger partial charge in [0, 0.05) is 24.9 Å². The van der Waals surface area contributed by atoms with Gasteiger partial charge in [0.2, 0.25) is 5.65 Å². The second-order valence-corrected chi connectivity index (χ2v) is 7.48. The lowest BCUT2D eigenvalue weighted by Crippen LogP contribution is -2.44. The molecule has 3 N–H and O–H groups in total. The molecule has 0 aliphatic rings. The summed E-state index contributed by atoms with van der Waals surface area (Å²) in [4.78, 5) is 33.5. The Morgan fingerprint density at radius 2 is 1.85 bits per heavy atom. The predicted octanol–water partition coefficient (Wildman–Crippen LogP) is 1.04. The number of nitrogens with one attached hydrogen (secondary N) is 1. The van der Waals surface area contributed by atoms with Crippen LogP contribution in [0.3, 0.4) is 0 Å². The summed E-state index contributed by atoms with van der Waals surface area (Å²) in [7, 11) is 1.48. The van der Waals surface area contributed by atoms with Crippen molar-refractivity contribution < 1.29 is 13.2 Å². The number of anilines is 1. The molecule has 0 saturated carbocycles. The molecule has 12 heteroatoms. The Morgan fingerprint density at radius 3 is 2.56 bits per heavy atom. The monoisotopic (exact) mass is 463 g/mol. The Balaban J connectivity index is 1.83. The molecule has 0 atom stereocenters. The number of nitrogens with two attached hydrogens (primary N) is 1. The largest absolute Gasteiger partial charge is 0.428 e. The molecular weight excluding hydrogens is 446 g/mol. The zero-order valence-electron chi connectivity index (χ0n) is 17.7. The first-order valence-corrected chi connectivity index (χ1v) is 10.1. The van der Waals surface area contributed by atoms with Crippen LogP contribution in [0.1, 0.15) is 5.69 Å². The number of halogens is 2. The van der Waals surface area contributed by atoms with Crippen molar-refractivity contribution in [3.63, 3.8) is 0 Å². The molecule has 0 spiro atoms. The van der Waals surface area contributed by atoms with Crippen LogP contribution in [0.4, 0.5) is 14.7 Å². The van der Waals surface area contributed by atoms with E-state index in [4.69, 9.17) is 5.73 Å². The van der Waals surface area contributed by atoms with Gasteiger partial charge in [-0.05, 0) is 42.5 Å². The van der Waals surface area contributed by atoms with E-state index in [0.29, 0.717) is 22.5 Å². The van der Waals surface area contributed by atoms with Crippen molar-refractivity contribution >= 4 is 11.6 Å². The minimum Gasteiger partial charge on any atom is -0.319 e. The minimum absolute atomic E-state index is 0.0452. The first-order chi connectivity index (χ1) is 16.3. The van der Waals surface area contributed by atoms with Crippen LogP contribution < -0.4 is 21.4 Å². The number of nitrogens with zero attached hydrogens (tertiary/aromatic N) is 6. The number of rotatable bonds is 4. The fourth-order valence-electron chi connectivity index (χ4n) is 3.64. The molecule has 0 amide bonds. The summed E-state index contributed by atoms with van der Waals surface area (Å²) < 4.78 is 31.1. The molecule has 4 aromatic heterocycles. The van der Waals surface area contributed by atoms with Crippen LogP contribution in [-0.4, -0.2) is 29.5 Å². The maximum Gasteiger partial charge on any atom is 0.428 e. The summed E-state index contributed by atoms with van der Waals surface area (Å²) in [5.41, 5.74) is 6.91. The molecule has 4 heterocycles. The number of hydrogen-bond acceptors (Lipinski definition) is 6. The van der Waals surface area contributed by atoms with Gasteiger partial charge in [-0.25, -0.2) is 23.4 Å². The molecule has 0 radical (unpaired) electrons. The number of aromatic nitrogens is 7. The highest BCUT2D eigenvalue weighted by molar-refractivity contribution is 5.86. The lowest BCUT2D eigenvalue weighted by atomic mass is 10.0. The second-order valence-electron chi connectivity index (χ2n) is 7.48. The summed E-state index contributed by atoms with van der Waals surface area (Å²) >= 11 is 0. The van der Waals surface area contributed by atoms with E-state index in [0.717, 1.165) is 13.8 Å². The van der Waals surface area contributed by atoms with E-state index in [9.17, 15) is 18.4 Å². The quantitative estimate of drug-likeness (QED) is 0.383. The number of benzene rings is 1. The lowest BCUT2D eigenvalue weighted by Gasteiger charge is -2.08. The SMILES string of the molecule is Cn1nc(-c2c(-c3ccc(F)cc3)nc(N)[n+]3c(=O)n(Cc4ncccc4F)[nH]c23)ccc1=O. The van der Waals surface area contributed by atoms with Crippen LogP contribution >= 0.6 is 0 Å². The summed E-state index contributed by atoms with van der Waals surface area (Å²) in [6, 6.07) is 11.0. The Bertz CT molecular complexity index is 1670. The predicted molar refractivity (Wildman–Crippen MR) is 118 cm³/mol. The van der Waals surface area contributed by atoms with Crippen LogP contribution in [-0.2, 0) is 13.6 Å². The number of fused-ring (bicyclic) bond motifs is 1. The maximum atomic E-state index is 14.2. The summed E-state index contributed by atoms with van der Waals surface area (Å²) in [5, 5.41) is 7.24. The fraction of sp³-hybridized carbons (Fsp3) is 0.0909. The molecule has 0 aliphatic carbocycles. The minimum atomic E-state index is -0.609. The van der Waals surface area contributed by atoms with Gasteiger partial charge in [0.25, 0.3) is 5.56 Å². The molecule has 0 fully saturated rings. The van der Waals surface area contributed by atoms with Gasteiger partial charge in [-0.1, -0.05) is 0 Å². The molecule has 0 saturated heterocycles. The maximum absolute atomic E-state index is 14.2. The highest BCUT2D eigenvalue weighted by Gasteiger charge is 2.27. The van der Waals surface area contributed by atoms with E-state index >= 15 is 0 Å². The highest BCUT2D eigenvalue weighted by atomic mass is 19.1. The van der Waals surface area contributed by atoms with Crippen LogP contribution in [0.2, 0.25) is 0 Å². The molecule has 5 rings (SSSR count). The first-order valence-electron chi connectivity index (χ1n) is 10.1. The normalized spacial score (nSPS) is 11.3. The van der Waals surface area contributed by atoms with Crippen LogP contribution in [0.5, 0.6) is 0 Å². The average Bonchev–Trinajstić information content (AvgIpc) is 3.14. The number of aromatic amines is 1. The molecular formula is C22H17F2N8O2+. The van der Waals surface area contributed by atoms with Gasteiger partial charge in [0.05, 0.1) is 5.69 Å². The summed E-state index contributed by atoms with van der Waals surface area (Å²) in [6.07, 6.45) is 1.42.